The van der Waals surface area contributed by atoms with Gasteiger partial charge in [0.1, 0.15) is 6.04 Å². The highest BCUT2D eigenvalue weighted by Crippen LogP contribution is 2.23. The van der Waals surface area contributed by atoms with E-state index >= 15 is 0 Å². The minimum Gasteiger partial charge on any atom is -0.374 e. The van der Waals surface area contributed by atoms with Gasteiger partial charge in [-0.15, -0.1) is 0 Å². The first-order chi connectivity index (χ1) is 15.7. The van der Waals surface area contributed by atoms with Gasteiger partial charge in [-0.25, -0.2) is 0 Å². The van der Waals surface area contributed by atoms with E-state index in [4.69, 9.17) is 0 Å². The van der Waals surface area contributed by atoms with Crippen LogP contribution < -0.4 is 5.32 Å². The van der Waals surface area contributed by atoms with Gasteiger partial charge in [-0.3, -0.25) is 14.6 Å². The number of hydrogen-bond acceptors (Lipinski definition) is 4. The molecule has 2 heterocycles. The number of benzene rings is 1. The highest BCUT2D eigenvalue weighted by atomic mass is 16.2. The molecule has 1 unspecified atom stereocenters. The first-order valence-corrected chi connectivity index (χ1v) is 11.3. The molecule has 1 aromatic heterocycles. The van der Waals surface area contributed by atoms with E-state index < -0.39 is 6.04 Å². The van der Waals surface area contributed by atoms with E-state index in [1.165, 1.54) is 0 Å². The molecule has 0 fully saturated rings. The third-order valence-corrected chi connectivity index (χ3v) is 5.40. The summed E-state index contributed by atoms with van der Waals surface area (Å²) in [5, 5.41) is 3.02. The monoisotopic (exact) mass is 432 g/mol. The molecule has 32 heavy (non-hydrogen) atoms. The lowest BCUT2D eigenvalue weighted by atomic mass is 10.0. The molecule has 3 rings (SSSR count). The SMILES string of the molecule is CCCN(C(=O)CCCN1C=CC=CC1)C(C(=O)NCc1ccccc1)c1ccncc1. The van der Waals surface area contributed by atoms with E-state index in [0.29, 0.717) is 19.5 Å². The van der Waals surface area contributed by atoms with Crippen LogP contribution in [0.25, 0.3) is 0 Å². The molecule has 0 radical (unpaired) electrons. The molecule has 0 saturated carbocycles. The Balaban J connectivity index is 1.70. The van der Waals surface area contributed by atoms with E-state index in [0.717, 1.165) is 37.1 Å². The van der Waals surface area contributed by atoms with Gasteiger partial charge in [-0.1, -0.05) is 49.4 Å². The lowest BCUT2D eigenvalue weighted by Gasteiger charge is -2.31. The third kappa shape index (κ3) is 6.80. The van der Waals surface area contributed by atoms with Gasteiger partial charge in [0.15, 0.2) is 0 Å². The maximum Gasteiger partial charge on any atom is 0.247 e. The van der Waals surface area contributed by atoms with E-state index in [-0.39, 0.29) is 11.8 Å². The fourth-order valence-electron chi connectivity index (χ4n) is 3.79. The average molecular weight is 433 g/mol. The summed E-state index contributed by atoms with van der Waals surface area (Å²) in [5.41, 5.74) is 1.79. The summed E-state index contributed by atoms with van der Waals surface area (Å²) in [6, 6.07) is 12.7. The zero-order valence-corrected chi connectivity index (χ0v) is 18.7. The lowest BCUT2D eigenvalue weighted by Crippen LogP contribution is -2.44. The molecule has 1 aliphatic rings. The largest absolute Gasteiger partial charge is 0.374 e. The number of amides is 2. The Hall–Kier alpha value is -3.41. The molecule has 168 valence electrons. The molecule has 0 spiro atoms. The zero-order valence-electron chi connectivity index (χ0n) is 18.7. The van der Waals surface area contributed by atoms with Gasteiger partial charge in [0.05, 0.1) is 0 Å². The predicted molar refractivity (Wildman–Crippen MR) is 126 cm³/mol. The normalized spacial score (nSPS) is 13.6. The molecule has 1 aliphatic heterocycles. The number of pyridine rings is 1. The Kier molecular flexibility index (Phi) is 9.05. The lowest BCUT2D eigenvalue weighted by molar-refractivity contribution is -0.141. The second-order valence-corrected chi connectivity index (χ2v) is 7.84. The topological polar surface area (TPSA) is 65.5 Å². The Bertz CT molecular complexity index is 912. The van der Waals surface area contributed by atoms with Crippen molar-refractivity contribution in [1.82, 2.24) is 20.1 Å². The molecule has 2 amide bonds. The van der Waals surface area contributed by atoms with Crippen molar-refractivity contribution in [3.63, 3.8) is 0 Å². The summed E-state index contributed by atoms with van der Waals surface area (Å²) in [7, 11) is 0. The number of carbonyl (C=O) groups is 2. The van der Waals surface area contributed by atoms with Gasteiger partial charge >= 0.3 is 0 Å². The van der Waals surface area contributed by atoms with E-state index in [1.807, 2.05) is 67.7 Å². The Morgan fingerprint density at radius 2 is 1.91 bits per heavy atom. The van der Waals surface area contributed by atoms with E-state index in [1.54, 1.807) is 17.3 Å². The van der Waals surface area contributed by atoms with Crippen molar-refractivity contribution in [2.75, 3.05) is 19.6 Å². The van der Waals surface area contributed by atoms with Crippen LogP contribution in [0.4, 0.5) is 0 Å². The molecule has 1 atom stereocenters. The number of hydrogen-bond donors (Lipinski definition) is 1. The second kappa shape index (κ2) is 12.4. The first kappa shape index (κ1) is 23.3. The molecule has 2 aromatic rings. The Morgan fingerprint density at radius 1 is 1.12 bits per heavy atom. The molecule has 0 bridgehead atoms. The molecule has 0 saturated heterocycles. The minimum absolute atomic E-state index is 0.0000504. The summed E-state index contributed by atoms with van der Waals surface area (Å²) in [6.07, 6.45) is 13.4. The highest BCUT2D eigenvalue weighted by Gasteiger charge is 2.30. The maximum absolute atomic E-state index is 13.3. The number of rotatable bonds is 11. The van der Waals surface area contributed by atoms with Gasteiger partial charge in [-0.2, -0.15) is 0 Å². The number of aromatic nitrogens is 1. The van der Waals surface area contributed by atoms with Gasteiger partial charge in [0, 0.05) is 45.0 Å². The second-order valence-electron chi connectivity index (χ2n) is 7.84. The number of nitrogens with zero attached hydrogens (tertiary/aromatic N) is 3. The van der Waals surface area contributed by atoms with Gasteiger partial charge in [0.2, 0.25) is 11.8 Å². The van der Waals surface area contributed by atoms with Crippen LogP contribution in [0.1, 0.15) is 43.4 Å². The van der Waals surface area contributed by atoms with Crippen molar-refractivity contribution in [3.05, 3.63) is 90.4 Å². The fourth-order valence-corrected chi connectivity index (χ4v) is 3.79. The van der Waals surface area contributed by atoms with Gasteiger partial charge in [-0.05, 0) is 48.4 Å². The number of allylic oxidation sites excluding steroid dienone is 2. The quantitative estimate of drug-likeness (QED) is 0.586. The minimum atomic E-state index is -0.674. The van der Waals surface area contributed by atoms with Gasteiger partial charge in [0.25, 0.3) is 0 Å². The van der Waals surface area contributed by atoms with Crippen molar-refractivity contribution in [2.24, 2.45) is 0 Å². The van der Waals surface area contributed by atoms with Crippen LogP contribution in [0.2, 0.25) is 0 Å². The van der Waals surface area contributed by atoms with E-state index in [2.05, 4.69) is 21.3 Å². The Morgan fingerprint density at radius 3 is 2.59 bits per heavy atom. The van der Waals surface area contributed by atoms with Crippen molar-refractivity contribution in [3.8, 4) is 0 Å². The molecule has 1 N–H and O–H groups in total. The molecule has 1 aromatic carbocycles. The van der Waals surface area contributed by atoms with Crippen LogP contribution in [0, 0.1) is 0 Å². The summed E-state index contributed by atoms with van der Waals surface area (Å²) < 4.78 is 0. The summed E-state index contributed by atoms with van der Waals surface area (Å²) in [4.78, 5) is 34.5. The van der Waals surface area contributed by atoms with Crippen molar-refractivity contribution < 1.29 is 9.59 Å². The van der Waals surface area contributed by atoms with Crippen molar-refractivity contribution in [2.45, 2.75) is 38.8 Å². The Labute approximate surface area is 190 Å². The summed E-state index contributed by atoms with van der Waals surface area (Å²) >= 11 is 0. The average Bonchev–Trinajstić information content (AvgIpc) is 2.84. The van der Waals surface area contributed by atoms with Crippen LogP contribution in [0.5, 0.6) is 0 Å². The molecule has 6 nitrogen and oxygen atoms in total. The number of nitrogens with one attached hydrogen (secondary N) is 1. The summed E-state index contributed by atoms with van der Waals surface area (Å²) in [5.74, 6) is -0.175. The first-order valence-electron chi connectivity index (χ1n) is 11.3. The fraction of sp³-hybridized carbons (Fsp3) is 0.346. The van der Waals surface area contributed by atoms with Crippen LogP contribution in [0.15, 0.2) is 79.3 Å². The van der Waals surface area contributed by atoms with E-state index in [9.17, 15) is 9.59 Å². The van der Waals surface area contributed by atoms with Gasteiger partial charge < -0.3 is 15.1 Å². The highest BCUT2D eigenvalue weighted by molar-refractivity contribution is 5.88. The summed E-state index contributed by atoms with van der Waals surface area (Å²) in [6.45, 7) is 4.65. The van der Waals surface area contributed by atoms with Crippen molar-refractivity contribution in [1.29, 1.82) is 0 Å². The van der Waals surface area contributed by atoms with Crippen LogP contribution in [0.3, 0.4) is 0 Å². The van der Waals surface area contributed by atoms with Crippen molar-refractivity contribution >= 4 is 11.8 Å². The standard InChI is InChI=1S/C26H32N4O2/c1-2-17-30(24(31)12-9-20-29-18-7-4-8-19-29)25(23-13-15-27-16-14-23)26(32)28-21-22-10-5-3-6-11-22/h3-8,10-11,13-16,18,25H,2,9,12,17,19-21H2,1H3,(H,28,32). The molecular formula is C26H32N4O2. The molecular weight excluding hydrogens is 400 g/mol. The van der Waals surface area contributed by atoms with Crippen LogP contribution in [-0.4, -0.2) is 46.2 Å². The number of carbonyl (C=O) groups excluding carboxylic acids is 2. The van der Waals surface area contributed by atoms with Crippen LogP contribution >= 0.6 is 0 Å². The van der Waals surface area contributed by atoms with Crippen LogP contribution in [-0.2, 0) is 16.1 Å². The predicted octanol–water partition coefficient (Wildman–Crippen LogP) is 3.84. The zero-order chi connectivity index (χ0) is 22.6. The third-order valence-electron chi connectivity index (χ3n) is 5.40. The molecule has 6 heteroatoms. The smallest absolute Gasteiger partial charge is 0.247 e. The maximum atomic E-state index is 13.3. The molecule has 0 aliphatic carbocycles.